The molecule has 0 aliphatic heterocycles. The Morgan fingerprint density at radius 1 is 1.30 bits per heavy atom. The fourth-order valence-corrected chi connectivity index (χ4v) is 2.31. The highest BCUT2D eigenvalue weighted by atomic mass is 19.1. The molecule has 2 unspecified atom stereocenters. The van der Waals surface area contributed by atoms with Gasteiger partial charge in [0.2, 0.25) is 0 Å². The maximum Gasteiger partial charge on any atom is 0.131 e. The lowest BCUT2D eigenvalue weighted by Gasteiger charge is -2.20. The Morgan fingerprint density at radius 3 is 2.65 bits per heavy atom. The second-order valence-electron chi connectivity index (χ2n) is 5.39. The minimum atomic E-state index is -0.203. The Balaban J connectivity index is 2.74. The highest BCUT2D eigenvalue weighted by Crippen LogP contribution is 2.28. The topological polar surface area (TPSA) is 21.3 Å². The van der Waals surface area contributed by atoms with Crippen LogP contribution in [0.2, 0.25) is 0 Å². The number of hydrogen-bond donors (Lipinski definition) is 1. The minimum Gasteiger partial charge on any atom is -0.493 e. The van der Waals surface area contributed by atoms with E-state index in [9.17, 15) is 4.39 Å². The van der Waals surface area contributed by atoms with Crippen LogP contribution in [-0.4, -0.2) is 13.7 Å². The molecule has 0 spiro atoms. The minimum absolute atomic E-state index is 0.0538. The van der Waals surface area contributed by atoms with Gasteiger partial charge >= 0.3 is 0 Å². The molecule has 0 radical (unpaired) electrons. The first-order valence-electron chi connectivity index (χ1n) is 7.72. The van der Waals surface area contributed by atoms with Crippen molar-refractivity contribution < 1.29 is 9.13 Å². The van der Waals surface area contributed by atoms with Gasteiger partial charge in [0.25, 0.3) is 0 Å². The van der Waals surface area contributed by atoms with Crippen LogP contribution in [0, 0.1) is 11.7 Å². The van der Waals surface area contributed by atoms with E-state index in [1.807, 2.05) is 20.0 Å². The molecule has 0 saturated heterocycles. The van der Waals surface area contributed by atoms with Crippen LogP contribution in [0.15, 0.2) is 18.2 Å². The second kappa shape index (κ2) is 8.96. The predicted molar refractivity (Wildman–Crippen MR) is 82.7 cm³/mol. The molecule has 0 aromatic heterocycles. The van der Waals surface area contributed by atoms with Crippen LogP contribution in [0.25, 0.3) is 0 Å². The molecule has 1 N–H and O–H groups in total. The third kappa shape index (κ3) is 4.78. The largest absolute Gasteiger partial charge is 0.493 e. The molecule has 0 amide bonds. The summed E-state index contributed by atoms with van der Waals surface area (Å²) in [6.45, 7) is 7.00. The van der Waals surface area contributed by atoms with E-state index in [4.69, 9.17) is 4.74 Å². The van der Waals surface area contributed by atoms with Gasteiger partial charge < -0.3 is 10.1 Å². The molecule has 3 heteroatoms. The summed E-state index contributed by atoms with van der Waals surface area (Å²) in [6.07, 6.45) is 4.72. The molecule has 0 bridgehead atoms. The summed E-state index contributed by atoms with van der Waals surface area (Å²) in [7, 11) is 1.83. The van der Waals surface area contributed by atoms with Crippen molar-refractivity contribution in [2.45, 2.75) is 52.5 Å². The van der Waals surface area contributed by atoms with Crippen LogP contribution in [0.5, 0.6) is 5.75 Å². The van der Waals surface area contributed by atoms with Crippen LogP contribution < -0.4 is 10.1 Å². The molecule has 20 heavy (non-hydrogen) atoms. The van der Waals surface area contributed by atoms with Gasteiger partial charge in [-0.3, -0.25) is 0 Å². The monoisotopic (exact) mass is 281 g/mol. The summed E-state index contributed by atoms with van der Waals surface area (Å²) in [6, 6.07) is 5.01. The fourth-order valence-electron chi connectivity index (χ4n) is 2.31. The quantitative estimate of drug-likeness (QED) is 0.708. The molecule has 2 atom stereocenters. The van der Waals surface area contributed by atoms with E-state index in [-0.39, 0.29) is 11.9 Å². The summed E-state index contributed by atoms with van der Waals surface area (Å²) in [5.74, 6) is 1.02. The van der Waals surface area contributed by atoms with Gasteiger partial charge in [0.1, 0.15) is 11.6 Å². The third-order valence-electron chi connectivity index (χ3n) is 3.90. The first-order chi connectivity index (χ1) is 9.63. The average molecular weight is 281 g/mol. The van der Waals surface area contributed by atoms with Gasteiger partial charge in [0.15, 0.2) is 0 Å². The second-order valence-corrected chi connectivity index (χ2v) is 5.39. The van der Waals surface area contributed by atoms with Crippen molar-refractivity contribution in [2.24, 2.45) is 5.92 Å². The number of benzene rings is 1. The van der Waals surface area contributed by atoms with Crippen LogP contribution in [0.3, 0.4) is 0 Å². The standard InChI is InChI=1S/C17H28FNO/c1-5-7-9-14(6-2)12-20-16-11-8-10-15(18)17(16)13(3)19-4/h8,10-11,13-14,19H,5-7,9,12H2,1-4H3. The highest BCUT2D eigenvalue weighted by molar-refractivity contribution is 5.37. The predicted octanol–water partition coefficient (Wildman–Crippen LogP) is 4.70. The van der Waals surface area contributed by atoms with Crippen molar-refractivity contribution in [1.29, 1.82) is 0 Å². The molecule has 1 aromatic rings. The van der Waals surface area contributed by atoms with Crippen molar-refractivity contribution in [3.63, 3.8) is 0 Å². The van der Waals surface area contributed by atoms with E-state index in [2.05, 4.69) is 19.2 Å². The van der Waals surface area contributed by atoms with E-state index in [1.54, 1.807) is 6.07 Å². The van der Waals surface area contributed by atoms with Crippen molar-refractivity contribution in [2.75, 3.05) is 13.7 Å². The molecular weight excluding hydrogens is 253 g/mol. The lowest BCUT2D eigenvalue weighted by molar-refractivity contribution is 0.229. The Bertz CT molecular complexity index is 395. The number of hydrogen-bond acceptors (Lipinski definition) is 2. The Labute approximate surface area is 122 Å². The average Bonchev–Trinajstić information content (AvgIpc) is 2.46. The maximum atomic E-state index is 14.0. The normalized spacial score (nSPS) is 14.1. The van der Waals surface area contributed by atoms with Gasteiger partial charge in [-0.05, 0) is 38.4 Å². The van der Waals surface area contributed by atoms with Gasteiger partial charge in [-0.1, -0.05) is 39.2 Å². The number of halogens is 1. The van der Waals surface area contributed by atoms with Crippen LogP contribution in [-0.2, 0) is 0 Å². The van der Waals surface area contributed by atoms with E-state index >= 15 is 0 Å². The summed E-state index contributed by atoms with van der Waals surface area (Å²) < 4.78 is 19.9. The summed E-state index contributed by atoms with van der Waals surface area (Å²) in [4.78, 5) is 0. The van der Waals surface area contributed by atoms with Crippen molar-refractivity contribution in [1.82, 2.24) is 5.32 Å². The maximum absolute atomic E-state index is 14.0. The van der Waals surface area contributed by atoms with Crippen molar-refractivity contribution >= 4 is 0 Å². The Kier molecular flexibility index (Phi) is 7.60. The lowest BCUT2D eigenvalue weighted by atomic mass is 10.0. The van der Waals surface area contributed by atoms with Crippen molar-refractivity contribution in [3.8, 4) is 5.75 Å². The molecule has 0 fully saturated rings. The number of rotatable bonds is 9. The Hall–Kier alpha value is -1.09. The highest BCUT2D eigenvalue weighted by Gasteiger charge is 2.16. The fraction of sp³-hybridized carbons (Fsp3) is 0.647. The van der Waals surface area contributed by atoms with E-state index in [0.29, 0.717) is 23.8 Å². The van der Waals surface area contributed by atoms with Gasteiger partial charge in [0.05, 0.1) is 6.61 Å². The van der Waals surface area contributed by atoms with Crippen LogP contribution >= 0.6 is 0 Å². The number of nitrogens with one attached hydrogen (secondary N) is 1. The zero-order valence-electron chi connectivity index (χ0n) is 13.2. The molecule has 0 heterocycles. The lowest BCUT2D eigenvalue weighted by Crippen LogP contribution is -2.17. The SMILES string of the molecule is CCCCC(CC)COc1cccc(F)c1C(C)NC. The van der Waals surface area contributed by atoms with Gasteiger partial charge in [-0.15, -0.1) is 0 Å². The molecule has 2 nitrogen and oxygen atoms in total. The van der Waals surface area contributed by atoms with E-state index in [0.717, 1.165) is 6.42 Å². The molecule has 0 aliphatic carbocycles. The third-order valence-corrected chi connectivity index (χ3v) is 3.90. The summed E-state index contributed by atoms with van der Waals surface area (Å²) in [5, 5.41) is 3.08. The molecular formula is C17H28FNO. The number of ether oxygens (including phenoxy) is 1. The van der Waals surface area contributed by atoms with Gasteiger partial charge in [-0.2, -0.15) is 0 Å². The van der Waals surface area contributed by atoms with Gasteiger partial charge in [0, 0.05) is 11.6 Å². The first kappa shape index (κ1) is 17.0. The van der Waals surface area contributed by atoms with Gasteiger partial charge in [-0.25, -0.2) is 4.39 Å². The zero-order valence-corrected chi connectivity index (χ0v) is 13.2. The first-order valence-corrected chi connectivity index (χ1v) is 7.72. The summed E-state index contributed by atoms with van der Waals surface area (Å²) in [5.41, 5.74) is 0.625. The molecule has 0 saturated carbocycles. The molecule has 1 rings (SSSR count). The van der Waals surface area contributed by atoms with E-state index < -0.39 is 0 Å². The Morgan fingerprint density at radius 2 is 2.05 bits per heavy atom. The molecule has 114 valence electrons. The number of unbranched alkanes of at least 4 members (excludes halogenated alkanes) is 1. The van der Waals surface area contributed by atoms with Crippen molar-refractivity contribution in [3.05, 3.63) is 29.6 Å². The molecule has 0 aliphatic rings. The van der Waals surface area contributed by atoms with Crippen LogP contribution in [0.4, 0.5) is 4.39 Å². The smallest absolute Gasteiger partial charge is 0.131 e. The summed E-state index contributed by atoms with van der Waals surface area (Å²) >= 11 is 0. The zero-order chi connectivity index (χ0) is 15.0. The van der Waals surface area contributed by atoms with Crippen LogP contribution in [0.1, 0.15) is 58.1 Å². The molecule has 1 aromatic carbocycles. The van der Waals surface area contributed by atoms with E-state index in [1.165, 1.54) is 25.3 Å².